The maximum Gasteiger partial charge on any atom is 0.439 e. The van der Waals surface area contributed by atoms with E-state index in [0.717, 1.165) is 12.1 Å². The van der Waals surface area contributed by atoms with Crippen molar-refractivity contribution in [2.45, 2.75) is 18.5 Å². The summed E-state index contributed by atoms with van der Waals surface area (Å²) in [6.45, 7) is 0. The van der Waals surface area contributed by atoms with E-state index < -0.39 is 24.2 Å². The normalized spacial score (nSPS) is 13.9. The van der Waals surface area contributed by atoms with Crippen LogP contribution in [-0.4, -0.2) is 28.4 Å². The molecule has 0 spiro atoms. The number of nitrogens with zero attached hydrogens (tertiary/aromatic N) is 2. The lowest BCUT2D eigenvalue weighted by atomic mass is 10.1. The van der Waals surface area contributed by atoms with Crippen molar-refractivity contribution in [1.29, 1.82) is 5.26 Å². The molecular weight excluding hydrogens is 400 g/mol. The molecule has 0 bridgehead atoms. The van der Waals surface area contributed by atoms with Gasteiger partial charge in [-0.1, -0.05) is 24.3 Å². The minimum absolute atomic E-state index is 0.140. The van der Waals surface area contributed by atoms with Crippen molar-refractivity contribution in [1.82, 2.24) is 9.97 Å². The standard InChI is InChI=1S/C19H11F6N3O/c20-17(18(21,22)23)19(24,25)29-13-7-5-11(6-8-13)9-12(10-26)16-27-14-3-1-2-4-15(14)28-16/h1-9,17H,(H,27,28)/b12-9+. The van der Waals surface area contributed by atoms with Crippen molar-refractivity contribution in [2.24, 2.45) is 0 Å². The van der Waals surface area contributed by atoms with Crippen molar-refractivity contribution in [3.63, 3.8) is 0 Å². The summed E-state index contributed by atoms with van der Waals surface area (Å²) >= 11 is 0. The minimum Gasteiger partial charge on any atom is -0.430 e. The van der Waals surface area contributed by atoms with Gasteiger partial charge in [-0.3, -0.25) is 0 Å². The number of fused-ring (bicyclic) bond motifs is 1. The Morgan fingerprint density at radius 3 is 2.31 bits per heavy atom. The molecule has 0 saturated heterocycles. The maximum atomic E-state index is 13.3. The Morgan fingerprint density at radius 1 is 1.07 bits per heavy atom. The van der Waals surface area contributed by atoms with Gasteiger partial charge < -0.3 is 9.72 Å². The van der Waals surface area contributed by atoms with Crippen molar-refractivity contribution < 1.29 is 31.1 Å². The van der Waals surface area contributed by atoms with Gasteiger partial charge in [0.2, 0.25) is 0 Å². The summed E-state index contributed by atoms with van der Waals surface area (Å²) in [5.41, 5.74) is 1.85. The highest BCUT2D eigenvalue weighted by molar-refractivity contribution is 5.90. The van der Waals surface area contributed by atoms with Crippen LogP contribution in [-0.2, 0) is 0 Å². The van der Waals surface area contributed by atoms with Crippen molar-refractivity contribution in [3.05, 3.63) is 59.9 Å². The average molecular weight is 411 g/mol. The number of rotatable bonds is 5. The van der Waals surface area contributed by atoms with Crippen LogP contribution in [0.1, 0.15) is 11.4 Å². The van der Waals surface area contributed by atoms with Crippen LogP contribution >= 0.6 is 0 Å². The number of para-hydroxylation sites is 2. The van der Waals surface area contributed by atoms with E-state index in [-0.39, 0.29) is 11.4 Å². The molecule has 29 heavy (non-hydrogen) atoms. The molecule has 2 aromatic carbocycles. The Hall–Kier alpha value is -3.48. The van der Waals surface area contributed by atoms with E-state index in [9.17, 15) is 31.6 Å². The lowest BCUT2D eigenvalue weighted by Crippen LogP contribution is -2.45. The van der Waals surface area contributed by atoms with E-state index >= 15 is 0 Å². The first-order valence-corrected chi connectivity index (χ1v) is 8.05. The number of benzene rings is 2. The molecule has 4 nitrogen and oxygen atoms in total. The number of alkyl halides is 6. The molecule has 0 aliphatic heterocycles. The molecule has 3 aromatic rings. The van der Waals surface area contributed by atoms with E-state index in [1.54, 1.807) is 24.3 Å². The second kappa shape index (κ2) is 7.50. The van der Waals surface area contributed by atoms with Crippen LogP contribution < -0.4 is 4.74 Å². The first-order chi connectivity index (χ1) is 13.6. The van der Waals surface area contributed by atoms with Gasteiger partial charge in [-0.2, -0.15) is 27.2 Å². The number of allylic oxidation sites excluding steroid dienone is 1. The Labute approximate surface area is 160 Å². The molecule has 1 unspecified atom stereocenters. The van der Waals surface area contributed by atoms with Gasteiger partial charge in [-0.15, -0.1) is 0 Å². The van der Waals surface area contributed by atoms with Gasteiger partial charge in [0.1, 0.15) is 17.6 Å². The van der Waals surface area contributed by atoms with Gasteiger partial charge >= 0.3 is 12.3 Å². The van der Waals surface area contributed by atoms with E-state index in [2.05, 4.69) is 14.7 Å². The third-order valence-corrected chi connectivity index (χ3v) is 3.79. The zero-order valence-electron chi connectivity index (χ0n) is 14.3. The summed E-state index contributed by atoms with van der Waals surface area (Å²) in [5.74, 6) is -0.382. The highest BCUT2D eigenvalue weighted by Crippen LogP contribution is 2.36. The maximum absolute atomic E-state index is 13.3. The predicted octanol–water partition coefficient (Wildman–Crippen LogP) is 5.50. The molecule has 1 atom stereocenters. The van der Waals surface area contributed by atoms with Crippen molar-refractivity contribution in [3.8, 4) is 11.8 Å². The summed E-state index contributed by atoms with van der Waals surface area (Å²) < 4.78 is 79.8. The molecule has 0 saturated carbocycles. The average Bonchev–Trinajstić information content (AvgIpc) is 3.09. The smallest absolute Gasteiger partial charge is 0.430 e. The summed E-state index contributed by atoms with van der Waals surface area (Å²) in [6, 6.07) is 13.4. The third-order valence-electron chi connectivity index (χ3n) is 3.79. The summed E-state index contributed by atoms with van der Waals surface area (Å²) in [7, 11) is 0. The molecule has 0 amide bonds. The zero-order valence-corrected chi connectivity index (χ0v) is 14.3. The highest BCUT2D eigenvalue weighted by Gasteiger charge is 2.59. The molecule has 0 fully saturated rings. The van der Waals surface area contributed by atoms with Crippen LogP contribution in [0.5, 0.6) is 5.75 Å². The fourth-order valence-electron chi connectivity index (χ4n) is 2.43. The molecule has 1 aromatic heterocycles. The Kier molecular flexibility index (Phi) is 5.24. The summed E-state index contributed by atoms with van der Waals surface area (Å²) in [6.07, 6.45) is -13.9. The monoisotopic (exact) mass is 411 g/mol. The largest absolute Gasteiger partial charge is 0.439 e. The van der Waals surface area contributed by atoms with Crippen LogP contribution in [0.15, 0.2) is 48.5 Å². The van der Waals surface area contributed by atoms with Crippen LogP contribution in [0.25, 0.3) is 22.7 Å². The molecule has 10 heteroatoms. The first kappa shape index (κ1) is 20.3. The predicted molar refractivity (Wildman–Crippen MR) is 92.5 cm³/mol. The van der Waals surface area contributed by atoms with Gasteiger partial charge in [0.15, 0.2) is 0 Å². The minimum atomic E-state index is -5.76. The molecule has 0 aliphatic rings. The van der Waals surface area contributed by atoms with Crippen molar-refractivity contribution >= 4 is 22.7 Å². The number of nitriles is 1. The Morgan fingerprint density at radius 2 is 1.72 bits per heavy atom. The fraction of sp³-hybridized carbons (Fsp3) is 0.158. The van der Waals surface area contributed by atoms with Crippen LogP contribution in [0.3, 0.4) is 0 Å². The second-order valence-corrected chi connectivity index (χ2v) is 5.91. The van der Waals surface area contributed by atoms with Gasteiger partial charge in [0.05, 0.1) is 16.6 Å². The van der Waals surface area contributed by atoms with E-state index in [4.69, 9.17) is 0 Å². The van der Waals surface area contributed by atoms with Crippen LogP contribution in [0.4, 0.5) is 26.3 Å². The third kappa shape index (κ3) is 4.51. The zero-order chi connectivity index (χ0) is 21.2. The van der Waals surface area contributed by atoms with E-state index in [1.165, 1.54) is 18.2 Å². The molecule has 0 radical (unpaired) electrons. The number of nitrogens with one attached hydrogen (secondary N) is 1. The summed E-state index contributed by atoms with van der Waals surface area (Å²) in [4.78, 5) is 7.23. The first-order valence-electron chi connectivity index (χ1n) is 8.05. The molecular formula is C19H11F6N3O. The molecule has 150 valence electrons. The number of hydrogen-bond acceptors (Lipinski definition) is 3. The highest BCUT2D eigenvalue weighted by atomic mass is 19.4. The summed E-state index contributed by atoms with van der Waals surface area (Å²) in [5, 5.41) is 9.36. The van der Waals surface area contributed by atoms with Crippen LogP contribution in [0, 0.1) is 11.3 Å². The van der Waals surface area contributed by atoms with Crippen LogP contribution in [0.2, 0.25) is 0 Å². The van der Waals surface area contributed by atoms with Gasteiger partial charge in [-0.25, -0.2) is 9.37 Å². The number of aromatic nitrogens is 2. The van der Waals surface area contributed by atoms with E-state index in [1.807, 2.05) is 6.07 Å². The number of aromatic amines is 1. The Balaban J connectivity index is 1.81. The fourth-order valence-corrected chi connectivity index (χ4v) is 2.43. The quantitative estimate of drug-likeness (QED) is 0.446. The van der Waals surface area contributed by atoms with E-state index in [0.29, 0.717) is 16.6 Å². The number of H-pyrrole nitrogens is 1. The molecule has 1 heterocycles. The van der Waals surface area contributed by atoms with Gasteiger partial charge in [0, 0.05) is 0 Å². The van der Waals surface area contributed by atoms with Gasteiger partial charge in [0.25, 0.3) is 6.17 Å². The number of imidazole rings is 1. The lowest BCUT2D eigenvalue weighted by molar-refractivity contribution is -0.304. The molecule has 1 N–H and O–H groups in total. The molecule has 0 aliphatic carbocycles. The SMILES string of the molecule is N#C/C(=C\c1ccc(OC(F)(F)C(F)C(F)(F)F)cc1)c1nc2ccccc2[nH]1. The topological polar surface area (TPSA) is 61.7 Å². The number of ether oxygens (including phenoxy) is 1. The van der Waals surface area contributed by atoms with Gasteiger partial charge in [-0.05, 0) is 35.9 Å². The molecule has 3 rings (SSSR count). The van der Waals surface area contributed by atoms with Crippen molar-refractivity contribution in [2.75, 3.05) is 0 Å². The number of hydrogen-bond donors (Lipinski definition) is 1. The number of halogens is 6. The lowest BCUT2D eigenvalue weighted by Gasteiger charge is -2.23. The Bertz CT molecular complexity index is 1050. The second-order valence-electron chi connectivity index (χ2n) is 5.91.